The average Bonchev–Trinajstić information content (AvgIpc) is 1.86. The summed E-state index contributed by atoms with van der Waals surface area (Å²) >= 11 is 0. The Balaban J connectivity index is 0.000000360. The molecule has 0 amide bonds. The van der Waals surface area contributed by atoms with Crippen molar-refractivity contribution in [3.05, 3.63) is 30.1 Å². The Kier molecular flexibility index (Phi) is 3.39. The van der Waals surface area contributed by atoms with Crippen LogP contribution in [0.2, 0.25) is 0 Å². The quantitative estimate of drug-likeness (QED) is 0.289. The number of rotatable bonds is 0. The fourth-order valence-corrected chi connectivity index (χ4v) is 0.967. The summed E-state index contributed by atoms with van der Waals surface area (Å²) in [6.07, 6.45) is 0. The Morgan fingerprint density at radius 2 is 2.29 bits per heavy atom. The largest absolute Gasteiger partial charge is 1.00 e. The molecule has 7 heavy (non-hydrogen) atoms. The Bertz CT molecular complexity index is 112. The van der Waals surface area contributed by atoms with Gasteiger partial charge in [0.05, 0.1) is 0 Å². The van der Waals surface area contributed by atoms with E-state index in [0.29, 0.717) is 0 Å². The molecule has 0 saturated carbocycles. The summed E-state index contributed by atoms with van der Waals surface area (Å²) in [5.74, 6) is 2.13. The smallest absolute Gasteiger partial charge is 0.234 e. The average molecular weight is 104 g/mol. The van der Waals surface area contributed by atoms with Crippen molar-refractivity contribution in [3.8, 4) is 0 Å². The third-order valence-electron chi connectivity index (χ3n) is 0.662. The van der Waals surface area contributed by atoms with Crippen molar-refractivity contribution in [3.63, 3.8) is 0 Å². The second kappa shape index (κ2) is 3.28. The fraction of sp³-hybridized carbons (Fsp3) is 0. The van der Waals surface area contributed by atoms with Crippen LogP contribution in [0.1, 0.15) is 5.30 Å². The summed E-state index contributed by atoms with van der Waals surface area (Å²) in [5.41, 5.74) is 0. The predicted octanol–water partition coefficient (Wildman–Crippen LogP) is -1.10. The first-order chi connectivity index (χ1) is 2.89. The van der Waals surface area contributed by atoms with Gasteiger partial charge < -0.3 is 0 Å². The Morgan fingerprint density at radius 3 is 2.43 bits per heavy atom. The van der Waals surface area contributed by atoms with E-state index < -0.39 is 0 Å². The SMILES string of the molecule is [CH2-]c1ccc[pH]1.[Li+]. The molecule has 0 N–H and O–H groups in total. The monoisotopic (exact) mass is 104 g/mol. The van der Waals surface area contributed by atoms with Gasteiger partial charge in [-0.15, -0.1) is 6.07 Å². The van der Waals surface area contributed by atoms with Gasteiger partial charge in [-0.2, -0.15) is 19.6 Å². The van der Waals surface area contributed by atoms with E-state index in [0.717, 1.165) is 8.19 Å². The molecule has 2 heteroatoms. The standard InChI is InChI=1S/C5H6P.Li/c1-5-3-2-4-6-5;/h2-4,6H,1H2;/q-1;+1. The van der Waals surface area contributed by atoms with Crippen molar-refractivity contribution in [1.29, 1.82) is 0 Å². The molecule has 1 heterocycles. The van der Waals surface area contributed by atoms with Crippen LogP contribution in [0, 0.1) is 6.92 Å². The molecule has 0 aliphatic heterocycles. The topological polar surface area (TPSA) is 0 Å². The molecule has 1 unspecified atom stereocenters. The molecule has 0 fully saturated rings. The third-order valence-corrected chi connectivity index (χ3v) is 1.56. The number of hydrogen-bond acceptors (Lipinski definition) is 0. The summed E-state index contributed by atoms with van der Waals surface area (Å²) in [4.78, 5) is 0. The van der Waals surface area contributed by atoms with Crippen molar-refractivity contribution >= 4 is 8.19 Å². The van der Waals surface area contributed by atoms with Gasteiger partial charge in [-0.3, -0.25) is 0 Å². The molecule has 0 aliphatic carbocycles. The van der Waals surface area contributed by atoms with Gasteiger partial charge in [0.2, 0.25) is 0 Å². The van der Waals surface area contributed by atoms with Crippen molar-refractivity contribution in [2.24, 2.45) is 0 Å². The molecule has 1 rings (SSSR count). The zero-order valence-corrected chi connectivity index (χ0v) is 5.44. The van der Waals surface area contributed by atoms with Gasteiger partial charge in [0.1, 0.15) is 0 Å². The Labute approximate surface area is 57.6 Å². The summed E-state index contributed by atoms with van der Waals surface area (Å²) in [7, 11) is 0.852. The molecule has 0 spiro atoms. The summed E-state index contributed by atoms with van der Waals surface area (Å²) < 4.78 is 0. The second-order valence-corrected chi connectivity index (χ2v) is 2.46. The summed E-state index contributed by atoms with van der Waals surface area (Å²) in [5, 5.41) is 1.25. The number of hydrogen-bond donors (Lipinski definition) is 0. The van der Waals surface area contributed by atoms with E-state index in [4.69, 9.17) is 0 Å². The third kappa shape index (κ3) is 2.15. The molecular weight excluding hydrogens is 98.0 g/mol. The molecule has 0 aliphatic rings. The Morgan fingerprint density at radius 1 is 1.57 bits per heavy atom. The van der Waals surface area contributed by atoms with Crippen LogP contribution in [0.5, 0.6) is 0 Å². The van der Waals surface area contributed by atoms with E-state index in [1.165, 1.54) is 5.30 Å². The van der Waals surface area contributed by atoms with Crippen molar-refractivity contribution < 1.29 is 18.9 Å². The van der Waals surface area contributed by atoms with Gasteiger partial charge in [0, 0.05) is 0 Å². The predicted molar refractivity (Wildman–Crippen MR) is 30.4 cm³/mol. The van der Waals surface area contributed by atoms with E-state index in [2.05, 4.69) is 12.7 Å². The molecule has 0 saturated heterocycles. The van der Waals surface area contributed by atoms with Crippen LogP contribution in [-0.4, -0.2) is 0 Å². The molecule has 1 aromatic heterocycles. The van der Waals surface area contributed by atoms with E-state index in [1.54, 1.807) is 0 Å². The van der Waals surface area contributed by atoms with Crippen LogP contribution >= 0.6 is 8.19 Å². The normalized spacial score (nSPS) is 8.57. The minimum atomic E-state index is 0. The van der Waals surface area contributed by atoms with Crippen LogP contribution < -0.4 is 18.9 Å². The van der Waals surface area contributed by atoms with Crippen molar-refractivity contribution in [2.45, 2.75) is 0 Å². The second-order valence-electron chi connectivity index (χ2n) is 1.20. The maximum absolute atomic E-state index is 3.75. The van der Waals surface area contributed by atoms with Crippen molar-refractivity contribution in [1.82, 2.24) is 0 Å². The van der Waals surface area contributed by atoms with E-state index in [9.17, 15) is 0 Å². The first-order valence-corrected chi connectivity index (χ1v) is 2.92. The molecular formula is C5H6LiP. The maximum atomic E-state index is 3.75. The van der Waals surface area contributed by atoms with Crippen LogP contribution in [0.25, 0.3) is 0 Å². The molecule has 0 aromatic carbocycles. The fourth-order valence-electron chi connectivity index (χ4n) is 0.368. The van der Waals surface area contributed by atoms with E-state index >= 15 is 0 Å². The maximum Gasteiger partial charge on any atom is 1.00 e. The van der Waals surface area contributed by atoms with E-state index in [1.807, 2.05) is 12.1 Å². The van der Waals surface area contributed by atoms with Gasteiger partial charge >= 0.3 is 18.9 Å². The van der Waals surface area contributed by atoms with Gasteiger partial charge in [-0.25, -0.2) is 6.92 Å². The minimum Gasteiger partial charge on any atom is -0.234 e. The molecule has 1 atom stereocenters. The molecule has 0 nitrogen and oxygen atoms in total. The first-order valence-electron chi connectivity index (χ1n) is 1.85. The molecule has 1 aromatic rings. The summed E-state index contributed by atoms with van der Waals surface area (Å²) in [6.45, 7) is 3.75. The van der Waals surface area contributed by atoms with Gasteiger partial charge in [-0.1, -0.05) is 5.80 Å². The zero-order valence-electron chi connectivity index (χ0n) is 4.44. The first kappa shape index (κ1) is 7.25. The van der Waals surface area contributed by atoms with Crippen LogP contribution in [0.3, 0.4) is 0 Å². The Hall–Kier alpha value is 0.247. The van der Waals surface area contributed by atoms with E-state index in [-0.39, 0.29) is 18.9 Å². The summed E-state index contributed by atoms with van der Waals surface area (Å²) in [6, 6.07) is 4.08. The zero-order chi connectivity index (χ0) is 4.41. The van der Waals surface area contributed by atoms with Crippen LogP contribution in [0.15, 0.2) is 17.9 Å². The molecule has 0 radical (unpaired) electrons. The van der Waals surface area contributed by atoms with Crippen molar-refractivity contribution in [2.75, 3.05) is 0 Å². The molecule has 0 bridgehead atoms. The van der Waals surface area contributed by atoms with Crippen LogP contribution in [-0.2, 0) is 0 Å². The minimum absolute atomic E-state index is 0. The van der Waals surface area contributed by atoms with Gasteiger partial charge in [0.25, 0.3) is 0 Å². The van der Waals surface area contributed by atoms with Gasteiger partial charge in [0.15, 0.2) is 0 Å². The van der Waals surface area contributed by atoms with Gasteiger partial charge in [-0.05, 0) is 0 Å². The van der Waals surface area contributed by atoms with Crippen LogP contribution in [0.4, 0.5) is 0 Å². The molecule has 32 valence electrons.